The average molecular weight is 554 g/mol. The first-order valence-corrected chi connectivity index (χ1v) is 11.4. The first-order valence-electron chi connectivity index (χ1n) is 10.3. The average Bonchev–Trinajstić information content (AvgIpc) is 3.19. The number of rotatable bonds is 7. The van der Waals surface area contributed by atoms with Gasteiger partial charge in [-0.1, -0.05) is 29.8 Å². The molecule has 0 saturated carbocycles. The summed E-state index contributed by atoms with van der Waals surface area (Å²) >= 11 is 16.6. The van der Waals surface area contributed by atoms with Gasteiger partial charge in [-0.2, -0.15) is 5.10 Å². The molecule has 0 spiro atoms. The normalized spacial score (nSPS) is 10.4. The fourth-order valence-electron chi connectivity index (χ4n) is 3.13. The lowest BCUT2D eigenvalue weighted by Gasteiger charge is -2.06. The molecular formula is C23H20Cl3FN6O3. The summed E-state index contributed by atoms with van der Waals surface area (Å²) in [6.45, 7) is 0.164. The Labute approximate surface area is 220 Å². The highest BCUT2D eigenvalue weighted by Gasteiger charge is 2.19. The second-order valence-electron chi connectivity index (χ2n) is 7.30. The van der Waals surface area contributed by atoms with Gasteiger partial charge in [-0.3, -0.25) is 14.4 Å². The van der Waals surface area contributed by atoms with E-state index in [4.69, 9.17) is 39.7 Å². The Bertz CT molecular complexity index is 1400. The molecule has 2 aromatic carbocycles. The van der Waals surface area contributed by atoms with Gasteiger partial charge in [-0.25, -0.2) is 19.0 Å². The standard InChI is InChI=1S/C14H11Cl2FN6O.C9H9ClO2/c1-23-13(21-16)11-10(22-23)12(20-6-19-11)14(24)18-5-7-2-3-9(17)8(15)4-7;1-12-8-4-2-3-7(5-8)6-9(10)11/h2-4,6,21H,5H2,1H3,(H,18,24);2-5H,6H2,1H3. The molecule has 2 aromatic heterocycles. The monoisotopic (exact) mass is 552 g/mol. The lowest BCUT2D eigenvalue weighted by Crippen LogP contribution is -2.24. The highest BCUT2D eigenvalue weighted by molar-refractivity contribution is 6.63. The van der Waals surface area contributed by atoms with Crippen LogP contribution < -0.4 is 14.9 Å². The Balaban J connectivity index is 0.000000253. The van der Waals surface area contributed by atoms with Gasteiger partial charge in [0.15, 0.2) is 11.5 Å². The number of aryl methyl sites for hydroxylation is 1. The number of ether oxygens (including phenoxy) is 1. The number of nitrogens with zero attached hydrogens (tertiary/aromatic N) is 4. The van der Waals surface area contributed by atoms with Gasteiger partial charge in [0.05, 0.1) is 12.1 Å². The molecule has 4 aromatic rings. The minimum absolute atomic E-state index is 0.00581. The van der Waals surface area contributed by atoms with E-state index < -0.39 is 11.7 Å². The first kappa shape index (κ1) is 27.1. The molecule has 0 aliphatic rings. The van der Waals surface area contributed by atoms with Gasteiger partial charge in [-0.15, -0.1) is 0 Å². The molecule has 0 bridgehead atoms. The van der Waals surface area contributed by atoms with Crippen molar-refractivity contribution in [2.75, 3.05) is 11.9 Å². The van der Waals surface area contributed by atoms with Crippen LogP contribution in [0, 0.1) is 5.82 Å². The van der Waals surface area contributed by atoms with Crippen molar-refractivity contribution < 1.29 is 18.7 Å². The molecular weight excluding hydrogens is 534 g/mol. The zero-order chi connectivity index (χ0) is 26.2. The maximum absolute atomic E-state index is 13.1. The number of fused-ring (bicyclic) bond motifs is 1. The van der Waals surface area contributed by atoms with Gasteiger partial charge in [0.2, 0.25) is 5.24 Å². The zero-order valence-corrected chi connectivity index (χ0v) is 21.3. The summed E-state index contributed by atoms with van der Waals surface area (Å²) in [5.41, 5.74) is 2.38. The van der Waals surface area contributed by atoms with Crippen LogP contribution in [0.2, 0.25) is 5.02 Å². The number of benzene rings is 2. The van der Waals surface area contributed by atoms with Crippen LogP contribution in [-0.2, 0) is 24.8 Å². The third-order valence-corrected chi connectivity index (χ3v) is 5.44. The Hall–Kier alpha value is -3.47. The molecule has 0 radical (unpaired) electrons. The van der Waals surface area contributed by atoms with E-state index in [2.05, 4.69) is 25.2 Å². The summed E-state index contributed by atoms with van der Waals surface area (Å²) in [5, 5.41) is 6.52. The van der Waals surface area contributed by atoms with Crippen molar-refractivity contribution in [3.63, 3.8) is 0 Å². The minimum atomic E-state index is -0.515. The molecule has 9 nitrogen and oxygen atoms in total. The van der Waals surface area contributed by atoms with Crippen LogP contribution in [0.5, 0.6) is 5.75 Å². The van der Waals surface area contributed by atoms with Crippen molar-refractivity contribution in [1.29, 1.82) is 0 Å². The number of nitrogens with one attached hydrogen (secondary N) is 2. The lowest BCUT2D eigenvalue weighted by atomic mass is 10.1. The summed E-state index contributed by atoms with van der Waals surface area (Å²) in [4.78, 5) is 33.4. The Morgan fingerprint density at radius 2 is 1.89 bits per heavy atom. The molecule has 0 unspecified atom stereocenters. The van der Waals surface area contributed by atoms with Gasteiger partial charge in [0.1, 0.15) is 28.9 Å². The Morgan fingerprint density at radius 1 is 1.11 bits per heavy atom. The van der Waals surface area contributed by atoms with E-state index in [0.717, 1.165) is 11.3 Å². The molecule has 0 fully saturated rings. The topological polar surface area (TPSA) is 111 Å². The van der Waals surface area contributed by atoms with Crippen LogP contribution in [-0.4, -0.2) is 38.0 Å². The zero-order valence-electron chi connectivity index (χ0n) is 19.1. The number of anilines is 1. The molecule has 2 N–H and O–H groups in total. The van der Waals surface area contributed by atoms with E-state index in [1.807, 2.05) is 18.2 Å². The number of aromatic nitrogens is 4. The molecule has 2 heterocycles. The van der Waals surface area contributed by atoms with Crippen molar-refractivity contribution in [1.82, 2.24) is 25.1 Å². The number of methoxy groups -OCH3 is 1. The number of halogens is 4. The largest absolute Gasteiger partial charge is 0.497 e. The number of hydrogen-bond acceptors (Lipinski definition) is 7. The predicted molar refractivity (Wildman–Crippen MR) is 136 cm³/mol. The van der Waals surface area contributed by atoms with Crippen molar-refractivity contribution in [3.8, 4) is 5.75 Å². The van der Waals surface area contributed by atoms with Crippen LogP contribution in [0.1, 0.15) is 21.6 Å². The summed E-state index contributed by atoms with van der Waals surface area (Å²) in [6, 6.07) is 11.5. The molecule has 0 aliphatic carbocycles. The number of hydrogen-bond donors (Lipinski definition) is 2. The van der Waals surface area contributed by atoms with Crippen molar-refractivity contribution in [2.45, 2.75) is 13.0 Å². The fraction of sp³-hybridized carbons (Fsp3) is 0.174. The lowest BCUT2D eigenvalue weighted by molar-refractivity contribution is -0.111. The third-order valence-electron chi connectivity index (χ3n) is 4.84. The minimum Gasteiger partial charge on any atom is -0.497 e. The van der Waals surface area contributed by atoms with E-state index in [0.29, 0.717) is 22.4 Å². The molecule has 0 saturated heterocycles. The molecule has 13 heteroatoms. The number of carbonyl (C=O) groups is 2. The summed E-state index contributed by atoms with van der Waals surface area (Å²) in [7, 11) is 3.25. The number of amides is 1. The van der Waals surface area contributed by atoms with E-state index >= 15 is 0 Å². The van der Waals surface area contributed by atoms with E-state index in [1.165, 1.54) is 29.2 Å². The maximum Gasteiger partial charge on any atom is 0.272 e. The molecule has 0 aliphatic heterocycles. The molecule has 0 atom stereocenters. The van der Waals surface area contributed by atoms with Crippen LogP contribution in [0.4, 0.5) is 10.2 Å². The van der Waals surface area contributed by atoms with Gasteiger partial charge in [-0.05, 0) is 47.0 Å². The molecule has 4 rings (SSSR count). The second-order valence-corrected chi connectivity index (χ2v) is 8.32. The van der Waals surface area contributed by atoms with E-state index in [-0.39, 0.29) is 28.9 Å². The summed E-state index contributed by atoms with van der Waals surface area (Å²) in [6.07, 6.45) is 1.50. The highest BCUT2D eigenvalue weighted by atomic mass is 35.5. The quantitative estimate of drug-likeness (QED) is 0.253. The molecule has 188 valence electrons. The maximum atomic E-state index is 13.1. The highest BCUT2D eigenvalue weighted by Crippen LogP contribution is 2.22. The van der Waals surface area contributed by atoms with Gasteiger partial charge in [0.25, 0.3) is 5.91 Å². The smallest absolute Gasteiger partial charge is 0.272 e. The fourth-order valence-corrected chi connectivity index (χ4v) is 3.70. The first-order chi connectivity index (χ1) is 17.2. The van der Waals surface area contributed by atoms with Gasteiger partial charge in [0, 0.05) is 31.8 Å². The van der Waals surface area contributed by atoms with Crippen molar-refractivity contribution in [2.24, 2.45) is 7.05 Å². The van der Waals surface area contributed by atoms with Gasteiger partial charge >= 0.3 is 0 Å². The number of carbonyl (C=O) groups excluding carboxylic acids is 2. The van der Waals surface area contributed by atoms with Gasteiger partial charge < -0.3 is 10.1 Å². The van der Waals surface area contributed by atoms with Crippen molar-refractivity contribution in [3.05, 3.63) is 76.5 Å². The molecule has 36 heavy (non-hydrogen) atoms. The van der Waals surface area contributed by atoms with Crippen LogP contribution >= 0.6 is 35.0 Å². The summed E-state index contributed by atoms with van der Waals surface area (Å²) in [5.74, 6) is 0.236. The molecule has 1 amide bonds. The SMILES string of the molecule is COc1cccc(CC(=O)Cl)c1.Cn1nc2c(C(=O)NCc3ccc(F)c(Cl)c3)ncnc2c1NCl. The van der Waals surface area contributed by atoms with Crippen molar-refractivity contribution >= 4 is 63.0 Å². The Morgan fingerprint density at radius 3 is 2.56 bits per heavy atom. The third kappa shape index (κ3) is 6.81. The van der Waals surface area contributed by atoms with Crippen LogP contribution in [0.15, 0.2) is 48.8 Å². The second kappa shape index (κ2) is 12.5. The summed E-state index contributed by atoms with van der Waals surface area (Å²) < 4.78 is 19.6. The predicted octanol–water partition coefficient (Wildman–Crippen LogP) is 4.65. The van der Waals surface area contributed by atoms with E-state index in [1.54, 1.807) is 20.2 Å². The van der Waals surface area contributed by atoms with E-state index in [9.17, 15) is 14.0 Å². The Kier molecular flexibility index (Phi) is 9.40. The van der Waals surface area contributed by atoms with Crippen LogP contribution in [0.3, 0.4) is 0 Å². The van der Waals surface area contributed by atoms with Crippen LogP contribution in [0.25, 0.3) is 11.0 Å².